The molecule has 0 saturated carbocycles. The molecule has 0 bridgehead atoms. The van der Waals surface area contributed by atoms with Crippen LogP contribution in [0.3, 0.4) is 0 Å². The molecule has 2 heterocycles. The minimum absolute atomic E-state index is 0.0468. The Morgan fingerprint density at radius 3 is 2.68 bits per heavy atom. The van der Waals surface area contributed by atoms with Gasteiger partial charge in [0.15, 0.2) is 0 Å². The summed E-state index contributed by atoms with van der Waals surface area (Å²) in [7, 11) is 3.80. The number of hydrogen-bond acceptors (Lipinski definition) is 4. The van der Waals surface area contributed by atoms with Gasteiger partial charge in [-0.2, -0.15) is 0 Å². The van der Waals surface area contributed by atoms with Crippen LogP contribution in [0, 0.1) is 0 Å². The second kappa shape index (κ2) is 8.52. The predicted octanol–water partition coefficient (Wildman–Crippen LogP) is 3.25. The third-order valence-electron chi connectivity index (χ3n) is 4.55. The maximum absolute atomic E-state index is 12.5. The summed E-state index contributed by atoms with van der Waals surface area (Å²) in [6.07, 6.45) is 4.95. The van der Waals surface area contributed by atoms with Crippen LogP contribution in [-0.2, 0) is 23.2 Å². The predicted molar refractivity (Wildman–Crippen MR) is 112 cm³/mol. The number of hydrogen-bond donors (Lipinski definition) is 1. The summed E-state index contributed by atoms with van der Waals surface area (Å²) >= 11 is 0. The number of aryl methyl sites for hydroxylation is 1. The van der Waals surface area contributed by atoms with Gasteiger partial charge in [0.2, 0.25) is 5.91 Å². The lowest BCUT2D eigenvalue weighted by molar-refractivity contribution is -0.125. The summed E-state index contributed by atoms with van der Waals surface area (Å²) in [5, 5.41) is 4.10. The average Bonchev–Trinajstić information content (AvgIpc) is 3.01. The molecule has 2 aromatic heterocycles. The summed E-state index contributed by atoms with van der Waals surface area (Å²) in [5.74, 6) is 0.598. The van der Waals surface area contributed by atoms with Crippen molar-refractivity contribution < 1.29 is 9.59 Å². The van der Waals surface area contributed by atoms with Crippen molar-refractivity contribution >= 4 is 34.5 Å². The van der Waals surface area contributed by atoms with E-state index in [-0.39, 0.29) is 18.2 Å². The van der Waals surface area contributed by atoms with Gasteiger partial charge in [0.25, 0.3) is 0 Å². The molecule has 144 valence electrons. The third-order valence-corrected chi connectivity index (χ3v) is 4.55. The Labute approximate surface area is 164 Å². The molecule has 0 aliphatic carbocycles. The highest BCUT2D eigenvalue weighted by Crippen LogP contribution is 2.19. The molecule has 0 radical (unpaired) electrons. The van der Waals surface area contributed by atoms with Crippen molar-refractivity contribution in [1.82, 2.24) is 14.5 Å². The standard InChI is InChI=1S/C22H24N4O2/c1-16(27)13-23-21-10-8-17(14-24-21)9-11-22(28)25(2)15-19-12-18-6-4-5-7-20(18)26(19)3/h4-12,14H,13,15H2,1-3H3,(H,23,24)/b11-9+. The van der Waals surface area contributed by atoms with E-state index in [4.69, 9.17) is 0 Å². The van der Waals surface area contributed by atoms with Gasteiger partial charge in [-0.15, -0.1) is 0 Å². The summed E-state index contributed by atoms with van der Waals surface area (Å²) in [6.45, 7) is 2.30. The number of rotatable bonds is 7. The van der Waals surface area contributed by atoms with Crippen molar-refractivity contribution in [3.8, 4) is 0 Å². The van der Waals surface area contributed by atoms with Crippen LogP contribution in [0.25, 0.3) is 17.0 Å². The van der Waals surface area contributed by atoms with Gasteiger partial charge < -0.3 is 14.8 Å². The molecule has 3 rings (SSSR count). The first kappa shape index (κ1) is 19.4. The maximum atomic E-state index is 12.5. The zero-order chi connectivity index (χ0) is 20.1. The fraction of sp³-hybridized carbons (Fsp3) is 0.227. The number of nitrogens with zero attached hydrogens (tertiary/aromatic N) is 3. The Kier molecular flexibility index (Phi) is 5.89. The van der Waals surface area contributed by atoms with Crippen molar-refractivity contribution in [2.75, 3.05) is 18.9 Å². The van der Waals surface area contributed by atoms with Crippen LogP contribution >= 0.6 is 0 Å². The summed E-state index contributed by atoms with van der Waals surface area (Å²) in [5.41, 5.74) is 3.05. The van der Waals surface area contributed by atoms with Gasteiger partial charge in [0, 0.05) is 37.6 Å². The highest BCUT2D eigenvalue weighted by Gasteiger charge is 2.10. The fourth-order valence-corrected chi connectivity index (χ4v) is 2.94. The monoisotopic (exact) mass is 376 g/mol. The van der Waals surface area contributed by atoms with Crippen molar-refractivity contribution in [2.24, 2.45) is 7.05 Å². The summed E-state index contributed by atoms with van der Waals surface area (Å²) in [4.78, 5) is 29.3. The SMILES string of the molecule is CC(=O)CNc1ccc(/C=C/C(=O)N(C)Cc2cc3ccccc3n2C)cn1. The van der Waals surface area contributed by atoms with E-state index >= 15 is 0 Å². The number of likely N-dealkylation sites (N-methyl/N-ethyl adjacent to an activating group) is 1. The molecule has 3 aromatic rings. The highest BCUT2D eigenvalue weighted by atomic mass is 16.2. The lowest BCUT2D eigenvalue weighted by atomic mass is 10.2. The van der Waals surface area contributed by atoms with E-state index in [0.717, 1.165) is 16.8 Å². The number of carbonyl (C=O) groups excluding carboxylic acids is 2. The number of pyridine rings is 1. The second-order valence-corrected chi connectivity index (χ2v) is 6.81. The Balaban J connectivity index is 1.61. The van der Waals surface area contributed by atoms with E-state index in [0.29, 0.717) is 12.4 Å². The van der Waals surface area contributed by atoms with Crippen molar-refractivity contribution in [3.63, 3.8) is 0 Å². The minimum atomic E-state index is -0.0796. The van der Waals surface area contributed by atoms with Gasteiger partial charge in [-0.05, 0) is 48.2 Å². The topological polar surface area (TPSA) is 67.2 Å². The van der Waals surface area contributed by atoms with Gasteiger partial charge in [-0.3, -0.25) is 9.59 Å². The molecule has 0 saturated heterocycles. The van der Waals surface area contributed by atoms with E-state index in [2.05, 4.69) is 33.1 Å². The Morgan fingerprint density at radius 2 is 2.00 bits per heavy atom. The zero-order valence-corrected chi connectivity index (χ0v) is 16.3. The largest absolute Gasteiger partial charge is 0.363 e. The molecular weight excluding hydrogens is 352 g/mol. The quantitative estimate of drug-likeness (QED) is 0.643. The first-order valence-corrected chi connectivity index (χ1v) is 9.10. The molecule has 28 heavy (non-hydrogen) atoms. The van der Waals surface area contributed by atoms with E-state index in [1.54, 1.807) is 36.4 Å². The molecular formula is C22H24N4O2. The Morgan fingerprint density at radius 1 is 1.21 bits per heavy atom. The number of carbonyl (C=O) groups is 2. The van der Waals surface area contributed by atoms with Crippen LogP contribution in [0.1, 0.15) is 18.2 Å². The second-order valence-electron chi connectivity index (χ2n) is 6.81. The van der Waals surface area contributed by atoms with E-state index in [9.17, 15) is 9.59 Å². The number of Topliss-reactive ketones (excluding diaryl/α,β-unsaturated/α-hetero) is 1. The van der Waals surface area contributed by atoms with Gasteiger partial charge in [-0.25, -0.2) is 4.98 Å². The number of ketones is 1. The first-order valence-electron chi connectivity index (χ1n) is 9.10. The highest BCUT2D eigenvalue weighted by molar-refractivity contribution is 5.91. The molecule has 1 aromatic carbocycles. The zero-order valence-electron chi connectivity index (χ0n) is 16.3. The van der Waals surface area contributed by atoms with Gasteiger partial charge in [-0.1, -0.05) is 18.2 Å². The molecule has 0 aliphatic heterocycles. The summed E-state index contributed by atoms with van der Waals surface area (Å²) in [6, 6.07) is 13.9. The first-order chi connectivity index (χ1) is 13.4. The Hall–Kier alpha value is -3.41. The van der Waals surface area contributed by atoms with Crippen LogP contribution in [0.4, 0.5) is 5.82 Å². The minimum Gasteiger partial charge on any atom is -0.363 e. The van der Waals surface area contributed by atoms with Crippen LogP contribution in [0.15, 0.2) is 54.7 Å². The van der Waals surface area contributed by atoms with Crippen LogP contribution in [0.5, 0.6) is 0 Å². The van der Waals surface area contributed by atoms with E-state index in [1.807, 2.05) is 25.2 Å². The number of aromatic nitrogens is 2. The molecule has 0 aliphatic rings. The number of amides is 1. The lowest BCUT2D eigenvalue weighted by Gasteiger charge is -2.15. The van der Waals surface area contributed by atoms with Crippen molar-refractivity contribution in [2.45, 2.75) is 13.5 Å². The number of nitrogens with one attached hydrogen (secondary N) is 1. The molecule has 6 heteroatoms. The number of anilines is 1. The third kappa shape index (κ3) is 4.65. The lowest BCUT2D eigenvalue weighted by Crippen LogP contribution is -2.25. The average molecular weight is 376 g/mol. The number of fused-ring (bicyclic) bond motifs is 1. The Bertz CT molecular complexity index is 1020. The van der Waals surface area contributed by atoms with E-state index < -0.39 is 0 Å². The molecule has 0 atom stereocenters. The normalized spacial score (nSPS) is 11.1. The fourth-order valence-electron chi connectivity index (χ4n) is 2.94. The van der Waals surface area contributed by atoms with Gasteiger partial charge >= 0.3 is 0 Å². The molecule has 1 amide bonds. The molecule has 0 spiro atoms. The van der Waals surface area contributed by atoms with Gasteiger partial charge in [0.05, 0.1) is 13.1 Å². The van der Waals surface area contributed by atoms with Gasteiger partial charge in [0.1, 0.15) is 11.6 Å². The van der Waals surface area contributed by atoms with Crippen LogP contribution in [0.2, 0.25) is 0 Å². The number of benzene rings is 1. The van der Waals surface area contributed by atoms with E-state index in [1.165, 1.54) is 12.3 Å². The molecule has 0 unspecified atom stereocenters. The molecule has 6 nitrogen and oxygen atoms in total. The van der Waals surface area contributed by atoms with Crippen molar-refractivity contribution in [3.05, 3.63) is 66.0 Å². The maximum Gasteiger partial charge on any atom is 0.246 e. The van der Waals surface area contributed by atoms with Crippen molar-refractivity contribution in [1.29, 1.82) is 0 Å². The smallest absolute Gasteiger partial charge is 0.246 e. The number of para-hydroxylation sites is 1. The molecule has 0 fully saturated rings. The van der Waals surface area contributed by atoms with Crippen LogP contribution < -0.4 is 5.32 Å². The molecule has 1 N–H and O–H groups in total. The summed E-state index contributed by atoms with van der Waals surface area (Å²) < 4.78 is 2.11. The van der Waals surface area contributed by atoms with Crippen LogP contribution in [-0.4, -0.2) is 39.7 Å².